The Morgan fingerprint density at radius 3 is 2.69 bits per heavy atom. The number of carbonyl (C=O) groups is 1. The van der Waals surface area contributed by atoms with Crippen molar-refractivity contribution in [3.05, 3.63) is 65.7 Å². The third kappa shape index (κ3) is 3.99. The molecule has 2 aromatic carbocycles. The third-order valence-electron chi connectivity index (χ3n) is 6.51. The van der Waals surface area contributed by atoms with Crippen molar-refractivity contribution in [3.63, 3.8) is 0 Å². The van der Waals surface area contributed by atoms with E-state index in [4.69, 9.17) is 10.7 Å². The fourth-order valence-electron chi connectivity index (χ4n) is 4.63. The lowest BCUT2D eigenvalue weighted by Crippen LogP contribution is -2.36. The number of amides is 1. The van der Waals surface area contributed by atoms with Gasteiger partial charge in [0.15, 0.2) is 5.82 Å². The van der Waals surface area contributed by atoms with Gasteiger partial charge in [0.25, 0.3) is 5.91 Å². The van der Waals surface area contributed by atoms with E-state index >= 15 is 0 Å². The number of imidazole rings is 1. The summed E-state index contributed by atoms with van der Waals surface area (Å²) < 4.78 is 30.5. The maximum Gasteiger partial charge on any atom is 0.274 e. The van der Waals surface area contributed by atoms with Crippen molar-refractivity contribution in [1.29, 1.82) is 0 Å². The average Bonchev–Trinajstić information content (AvgIpc) is 3.43. The number of nitrogens with zero attached hydrogens (tertiary/aromatic N) is 5. The molecule has 2 aromatic heterocycles. The van der Waals surface area contributed by atoms with Gasteiger partial charge in [0.1, 0.15) is 28.7 Å². The summed E-state index contributed by atoms with van der Waals surface area (Å²) >= 11 is 0. The minimum Gasteiger partial charge on any atom is -0.364 e. The highest BCUT2D eigenvalue weighted by atomic mass is 19.1. The van der Waals surface area contributed by atoms with Crippen LogP contribution in [-0.2, 0) is 7.05 Å². The normalized spacial score (nSPS) is 15.7. The van der Waals surface area contributed by atoms with E-state index in [1.165, 1.54) is 18.3 Å². The van der Waals surface area contributed by atoms with Gasteiger partial charge in [-0.3, -0.25) is 4.79 Å². The number of halogens is 2. The quantitative estimate of drug-likeness (QED) is 0.453. The maximum absolute atomic E-state index is 14.2. The molecule has 3 heterocycles. The largest absolute Gasteiger partial charge is 0.364 e. The van der Waals surface area contributed by atoms with Crippen molar-refractivity contribution in [2.24, 2.45) is 12.8 Å². The fourth-order valence-corrected chi connectivity index (χ4v) is 4.63. The average molecular weight is 478 g/mol. The molecule has 0 bridgehead atoms. The summed E-state index contributed by atoms with van der Waals surface area (Å²) in [6, 6.07) is 8.77. The van der Waals surface area contributed by atoms with Crippen molar-refractivity contribution in [1.82, 2.24) is 19.5 Å². The molecule has 5 rings (SSSR count). The summed E-state index contributed by atoms with van der Waals surface area (Å²) in [6.45, 7) is 3.21. The Balaban J connectivity index is 1.55. The van der Waals surface area contributed by atoms with Crippen molar-refractivity contribution in [2.75, 3.05) is 23.3 Å². The van der Waals surface area contributed by atoms with Crippen LogP contribution in [0.4, 0.5) is 20.2 Å². The minimum absolute atomic E-state index is 0.0160. The molecule has 1 amide bonds. The molecule has 8 nitrogen and oxygen atoms in total. The highest BCUT2D eigenvalue weighted by Gasteiger charge is 2.29. The number of rotatable bonds is 5. The van der Waals surface area contributed by atoms with E-state index < -0.39 is 17.5 Å². The molecule has 35 heavy (non-hydrogen) atoms. The van der Waals surface area contributed by atoms with Gasteiger partial charge in [-0.15, -0.1) is 0 Å². The first-order valence-electron chi connectivity index (χ1n) is 11.4. The van der Waals surface area contributed by atoms with Crippen molar-refractivity contribution in [3.8, 4) is 11.4 Å². The fraction of sp³-hybridized carbons (Fsp3) is 0.280. The van der Waals surface area contributed by atoms with E-state index in [2.05, 4.69) is 20.2 Å². The van der Waals surface area contributed by atoms with Gasteiger partial charge < -0.3 is 20.5 Å². The minimum atomic E-state index is -0.803. The van der Waals surface area contributed by atoms with E-state index in [1.54, 1.807) is 0 Å². The molecule has 0 aliphatic carbocycles. The lowest BCUT2D eigenvalue weighted by atomic mass is 10.1. The molecule has 3 N–H and O–H groups in total. The topological polar surface area (TPSA) is 102 Å². The molecular weight excluding hydrogens is 452 g/mol. The standard InChI is InChI=1S/C25H25F2N7O/c1-14-30-22-20(33(14)2)9-8-18(23(22)34-12-4-5-15(34)13-28)32-25(35)19-10-11-29-24(31-19)21-16(26)6-3-7-17(21)27/h3,6-11,15H,4-5,12-13,28H2,1-2H3,(H,32,35)/t15-/m0/s1. The van der Waals surface area contributed by atoms with Crippen molar-refractivity contribution < 1.29 is 13.6 Å². The summed E-state index contributed by atoms with van der Waals surface area (Å²) in [5.41, 5.74) is 8.75. The molecule has 1 saturated heterocycles. The van der Waals surface area contributed by atoms with Crippen molar-refractivity contribution >= 4 is 28.3 Å². The first kappa shape index (κ1) is 22.9. The Morgan fingerprint density at radius 2 is 1.94 bits per heavy atom. The molecule has 4 aromatic rings. The number of anilines is 2. The third-order valence-corrected chi connectivity index (χ3v) is 6.51. The monoisotopic (exact) mass is 477 g/mol. The van der Waals surface area contributed by atoms with E-state index in [1.807, 2.05) is 30.7 Å². The van der Waals surface area contributed by atoms with Crippen LogP contribution in [0.3, 0.4) is 0 Å². The van der Waals surface area contributed by atoms with Gasteiger partial charge in [0.2, 0.25) is 0 Å². The second kappa shape index (κ2) is 9.03. The molecule has 0 unspecified atom stereocenters. The van der Waals surface area contributed by atoms with E-state index in [9.17, 15) is 13.6 Å². The highest BCUT2D eigenvalue weighted by Crippen LogP contribution is 2.38. The number of nitrogens with one attached hydrogen (secondary N) is 1. The first-order chi connectivity index (χ1) is 16.9. The Kier molecular flexibility index (Phi) is 5.89. The second-order valence-electron chi connectivity index (χ2n) is 8.59. The Labute approximate surface area is 200 Å². The molecular formula is C25H25F2N7O. The van der Waals surface area contributed by atoms with Crippen LogP contribution in [0.5, 0.6) is 0 Å². The predicted octanol–water partition coefficient (Wildman–Crippen LogP) is 3.80. The zero-order chi connectivity index (χ0) is 24.7. The molecule has 10 heteroatoms. The number of aryl methyl sites for hydroxylation is 2. The van der Waals surface area contributed by atoms with Gasteiger partial charge in [-0.1, -0.05) is 6.07 Å². The van der Waals surface area contributed by atoms with Crippen LogP contribution in [0.15, 0.2) is 42.6 Å². The molecule has 1 aliphatic heterocycles. The summed E-state index contributed by atoms with van der Waals surface area (Å²) in [4.78, 5) is 28.3. The van der Waals surface area contributed by atoms with Crippen LogP contribution in [0.1, 0.15) is 29.2 Å². The summed E-state index contributed by atoms with van der Waals surface area (Å²) in [6.07, 6.45) is 3.25. The number of carbonyl (C=O) groups excluding carboxylic acids is 1. The summed E-state index contributed by atoms with van der Waals surface area (Å²) in [5, 5.41) is 2.93. The Bertz CT molecular complexity index is 1410. The Morgan fingerprint density at radius 1 is 1.17 bits per heavy atom. The number of aromatic nitrogens is 4. The molecule has 0 saturated carbocycles. The number of nitrogens with two attached hydrogens (primary N) is 1. The summed E-state index contributed by atoms with van der Waals surface area (Å²) in [5.74, 6) is -1.49. The molecule has 180 valence electrons. The molecule has 0 radical (unpaired) electrons. The highest BCUT2D eigenvalue weighted by molar-refractivity contribution is 6.08. The van der Waals surface area contributed by atoms with Gasteiger partial charge in [0, 0.05) is 32.4 Å². The van der Waals surface area contributed by atoms with Crippen LogP contribution in [0.2, 0.25) is 0 Å². The van der Waals surface area contributed by atoms with Gasteiger partial charge in [0.05, 0.1) is 22.5 Å². The van der Waals surface area contributed by atoms with Gasteiger partial charge in [-0.2, -0.15) is 0 Å². The van der Waals surface area contributed by atoms with Gasteiger partial charge >= 0.3 is 0 Å². The van der Waals surface area contributed by atoms with Crippen LogP contribution in [0.25, 0.3) is 22.4 Å². The van der Waals surface area contributed by atoms with Crippen molar-refractivity contribution in [2.45, 2.75) is 25.8 Å². The number of benzene rings is 2. The number of fused-ring (bicyclic) bond motifs is 1. The maximum atomic E-state index is 14.2. The van der Waals surface area contributed by atoms with Crippen LogP contribution in [0, 0.1) is 18.6 Å². The number of hydrogen-bond acceptors (Lipinski definition) is 6. The van der Waals surface area contributed by atoms with E-state index in [0.29, 0.717) is 12.2 Å². The summed E-state index contributed by atoms with van der Waals surface area (Å²) in [7, 11) is 1.95. The van der Waals surface area contributed by atoms with E-state index in [0.717, 1.165) is 54.1 Å². The molecule has 1 aliphatic rings. The van der Waals surface area contributed by atoms with Crippen LogP contribution >= 0.6 is 0 Å². The molecule has 1 fully saturated rings. The van der Waals surface area contributed by atoms with Gasteiger partial charge in [-0.25, -0.2) is 23.7 Å². The van der Waals surface area contributed by atoms with Crippen LogP contribution in [-0.4, -0.2) is 44.6 Å². The SMILES string of the molecule is Cc1nc2c(N3CCC[C@H]3CN)c(NC(=O)c3ccnc(-c4c(F)cccc4F)n3)ccc2n1C. The van der Waals surface area contributed by atoms with Gasteiger partial charge in [-0.05, 0) is 50.1 Å². The molecule has 0 spiro atoms. The smallest absolute Gasteiger partial charge is 0.274 e. The zero-order valence-corrected chi connectivity index (χ0v) is 19.4. The van der Waals surface area contributed by atoms with E-state index in [-0.39, 0.29) is 23.1 Å². The zero-order valence-electron chi connectivity index (χ0n) is 19.4. The Hall–Kier alpha value is -3.92. The predicted molar refractivity (Wildman–Crippen MR) is 130 cm³/mol. The lowest BCUT2D eigenvalue weighted by molar-refractivity contribution is 0.102. The second-order valence-corrected chi connectivity index (χ2v) is 8.59. The molecule has 1 atom stereocenters. The number of hydrogen-bond donors (Lipinski definition) is 2. The first-order valence-corrected chi connectivity index (χ1v) is 11.4. The van der Waals surface area contributed by atoms with Crippen LogP contribution < -0.4 is 16.0 Å². The lowest BCUT2D eigenvalue weighted by Gasteiger charge is -2.28.